The second-order valence-corrected chi connectivity index (χ2v) is 7.19. The van der Waals surface area contributed by atoms with E-state index in [4.69, 9.17) is 16.3 Å². The Kier molecular flexibility index (Phi) is 8.12. The number of para-hydroxylation sites is 2. The highest BCUT2D eigenvalue weighted by Crippen LogP contribution is 2.22. The molecule has 2 N–H and O–H groups in total. The number of likely N-dealkylation sites (N-methyl/N-ethyl adjacent to an activating group) is 1. The molecule has 134 valence electrons. The number of nitrogens with one attached hydrogen (secondary N) is 2. The molecule has 4 nitrogen and oxygen atoms in total. The van der Waals surface area contributed by atoms with Crippen LogP contribution in [0.25, 0.3) is 0 Å². The molecule has 0 saturated carbocycles. The summed E-state index contributed by atoms with van der Waals surface area (Å²) < 4.78 is 5.27. The van der Waals surface area contributed by atoms with Gasteiger partial charge in [0.1, 0.15) is 5.75 Å². The largest absolute Gasteiger partial charge is 0.495 e. The van der Waals surface area contributed by atoms with Gasteiger partial charge < -0.3 is 15.0 Å². The van der Waals surface area contributed by atoms with E-state index in [-0.39, 0.29) is 5.91 Å². The monoisotopic (exact) mass is 379 g/mol. The second kappa shape index (κ2) is 10.3. The minimum absolute atomic E-state index is 0.00200. The van der Waals surface area contributed by atoms with Gasteiger partial charge in [0.05, 0.1) is 25.9 Å². The fourth-order valence-electron chi connectivity index (χ4n) is 2.40. The van der Waals surface area contributed by atoms with E-state index in [2.05, 4.69) is 12.2 Å². The highest BCUT2D eigenvalue weighted by molar-refractivity contribution is 7.99. The standard InChI is InChI=1S/C19H23ClN2O2S/c1-3-22(12-13-25-16-10-8-15(20)9-11-16)14-19(23)21-17-6-4-5-7-18(17)24-2/h4-11H,3,12-14H2,1-2H3,(H,21,23)/p+1. The summed E-state index contributed by atoms with van der Waals surface area (Å²) in [7, 11) is 1.60. The lowest BCUT2D eigenvalue weighted by molar-refractivity contribution is -0.887. The van der Waals surface area contributed by atoms with Crippen molar-refractivity contribution >= 4 is 35.0 Å². The minimum atomic E-state index is -0.00200. The molecule has 0 aliphatic heterocycles. The van der Waals surface area contributed by atoms with E-state index in [1.165, 1.54) is 9.80 Å². The zero-order chi connectivity index (χ0) is 18.1. The molecule has 0 heterocycles. The normalized spacial score (nSPS) is 11.8. The van der Waals surface area contributed by atoms with Gasteiger partial charge in [0, 0.05) is 15.7 Å². The van der Waals surface area contributed by atoms with Gasteiger partial charge in [-0.2, -0.15) is 0 Å². The molecule has 0 aliphatic rings. The molecule has 0 fully saturated rings. The molecule has 1 amide bonds. The van der Waals surface area contributed by atoms with Crippen LogP contribution in [0.15, 0.2) is 53.4 Å². The number of rotatable bonds is 9. The molecule has 0 spiro atoms. The molecule has 1 atom stereocenters. The van der Waals surface area contributed by atoms with Crippen molar-refractivity contribution in [1.82, 2.24) is 0 Å². The molecule has 6 heteroatoms. The highest BCUT2D eigenvalue weighted by Gasteiger charge is 2.14. The van der Waals surface area contributed by atoms with E-state index < -0.39 is 0 Å². The molecular weight excluding hydrogens is 356 g/mol. The van der Waals surface area contributed by atoms with Gasteiger partial charge >= 0.3 is 0 Å². The zero-order valence-electron chi connectivity index (χ0n) is 14.5. The zero-order valence-corrected chi connectivity index (χ0v) is 16.1. The van der Waals surface area contributed by atoms with Crippen LogP contribution >= 0.6 is 23.4 Å². The Bertz CT molecular complexity index is 679. The van der Waals surface area contributed by atoms with Gasteiger partial charge in [-0.25, -0.2) is 0 Å². The number of ether oxygens (including phenoxy) is 1. The minimum Gasteiger partial charge on any atom is -0.495 e. The van der Waals surface area contributed by atoms with Gasteiger partial charge in [0.2, 0.25) is 0 Å². The van der Waals surface area contributed by atoms with Gasteiger partial charge in [-0.05, 0) is 43.3 Å². The van der Waals surface area contributed by atoms with E-state index in [9.17, 15) is 4.79 Å². The van der Waals surface area contributed by atoms with Gasteiger partial charge in [-0.1, -0.05) is 23.7 Å². The molecule has 2 rings (SSSR count). The smallest absolute Gasteiger partial charge is 0.279 e. The topological polar surface area (TPSA) is 42.8 Å². The summed E-state index contributed by atoms with van der Waals surface area (Å²) in [5.74, 6) is 1.62. The van der Waals surface area contributed by atoms with Crippen LogP contribution in [0.5, 0.6) is 5.75 Å². The summed E-state index contributed by atoms with van der Waals surface area (Å²) in [5, 5.41) is 3.68. The number of amides is 1. The van der Waals surface area contributed by atoms with Gasteiger partial charge in [0.25, 0.3) is 5.91 Å². The van der Waals surface area contributed by atoms with Crippen molar-refractivity contribution < 1.29 is 14.4 Å². The molecule has 25 heavy (non-hydrogen) atoms. The number of carbonyl (C=O) groups excluding carboxylic acids is 1. The number of halogens is 1. The van der Waals surface area contributed by atoms with E-state index in [0.29, 0.717) is 18.0 Å². The summed E-state index contributed by atoms with van der Waals surface area (Å²) in [4.78, 5) is 14.7. The molecule has 2 aromatic carbocycles. The summed E-state index contributed by atoms with van der Waals surface area (Å²) in [6.45, 7) is 4.36. The first kappa shape index (κ1) is 19.6. The maximum atomic E-state index is 12.3. The maximum Gasteiger partial charge on any atom is 0.279 e. The molecule has 2 aromatic rings. The Labute approximate surface area is 158 Å². The third kappa shape index (κ3) is 6.61. The Morgan fingerprint density at radius 3 is 2.60 bits per heavy atom. The van der Waals surface area contributed by atoms with Gasteiger partial charge in [0.15, 0.2) is 6.54 Å². The van der Waals surface area contributed by atoms with Crippen molar-refractivity contribution in [2.24, 2.45) is 0 Å². The third-order valence-electron chi connectivity index (χ3n) is 3.83. The van der Waals surface area contributed by atoms with Crippen LogP contribution in [0.4, 0.5) is 5.69 Å². The lowest BCUT2D eigenvalue weighted by Gasteiger charge is -2.17. The Hall–Kier alpha value is -1.69. The fourth-order valence-corrected chi connectivity index (χ4v) is 3.48. The van der Waals surface area contributed by atoms with Crippen LogP contribution in [-0.2, 0) is 4.79 Å². The van der Waals surface area contributed by atoms with Gasteiger partial charge in [-0.15, -0.1) is 11.8 Å². The van der Waals surface area contributed by atoms with Gasteiger partial charge in [-0.3, -0.25) is 4.79 Å². The molecular formula is C19H24ClN2O2S+. The number of anilines is 1. The van der Waals surface area contributed by atoms with Crippen molar-refractivity contribution in [1.29, 1.82) is 0 Å². The van der Waals surface area contributed by atoms with Crippen molar-refractivity contribution in [3.05, 3.63) is 53.6 Å². The van der Waals surface area contributed by atoms with Crippen LogP contribution in [-0.4, -0.2) is 38.4 Å². The SMILES string of the molecule is CC[NH+](CCSc1ccc(Cl)cc1)CC(=O)Nc1ccccc1OC. The molecule has 0 bridgehead atoms. The lowest BCUT2D eigenvalue weighted by atomic mass is 10.3. The maximum absolute atomic E-state index is 12.3. The van der Waals surface area contributed by atoms with Crippen LogP contribution < -0.4 is 15.0 Å². The first-order chi connectivity index (χ1) is 12.1. The molecule has 0 radical (unpaired) electrons. The molecule has 0 aromatic heterocycles. The van der Waals surface area contributed by atoms with Crippen LogP contribution in [0.1, 0.15) is 6.92 Å². The Morgan fingerprint density at radius 1 is 1.20 bits per heavy atom. The first-order valence-corrected chi connectivity index (χ1v) is 9.63. The Morgan fingerprint density at radius 2 is 1.92 bits per heavy atom. The average molecular weight is 380 g/mol. The van der Waals surface area contributed by atoms with E-state index >= 15 is 0 Å². The summed E-state index contributed by atoms with van der Waals surface area (Å²) in [6.07, 6.45) is 0. The van der Waals surface area contributed by atoms with Crippen LogP contribution in [0.2, 0.25) is 5.02 Å². The number of benzene rings is 2. The number of thioether (sulfide) groups is 1. The second-order valence-electron chi connectivity index (χ2n) is 5.58. The quantitative estimate of drug-likeness (QED) is 0.658. The van der Waals surface area contributed by atoms with E-state index in [1.54, 1.807) is 18.9 Å². The summed E-state index contributed by atoms with van der Waals surface area (Å²) >= 11 is 7.68. The third-order valence-corrected chi connectivity index (χ3v) is 5.10. The Balaban J connectivity index is 1.80. The number of methoxy groups -OCH3 is 1. The highest BCUT2D eigenvalue weighted by atomic mass is 35.5. The molecule has 0 saturated heterocycles. The summed E-state index contributed by atoms with van der Waals surface area (Å²) in [5.41, 5.74) is 0.709. The number of carbonyl (C=O) groups is 1. The van der Waals surface area contributed by atoms with Crippen molar-refractivity contribution in [2.75, 3.05) is 37.8 Å². The van der Waals surface area contributed by atoms with Crippen molar-refractivity contribution in [3.8, 4) is 5.75 Å². The molecule has 0 aliphatic carbocycles. The lowest BCUT2D eigenvalue weighted by Crippen LogP contribution is -3.13. The van der Waals surface area contributed by atoms with E-state index in [0.717, 1.165) is 23.9 Å². The van der Waals surface area contributed by atoms with Crippen LogP contribution in [0, 0.1) is 0 Å². The van der Waals surface area contributed by atoms with Crippen LogP contribution in [0.3, 0.4) is 0 Å². The van der Waals surface area contributed by atoms with Crippen molar-refractivity contribution in [2.45, 2.75) is 11.8 Å². The van der Waals surface area contributed by atoms with Crippen molar-refractivity contribution in [3.63, 3.8) is 0 Å². The number of hydrogen-bond acceptors (Lipinski definition) is 3. The first-order valence-electron chi connectivity index (χ1n) is 8.27. The fraction of sp³-hybridized carbons (Fsp3) is 0.316. The van der Waals surface area contributed by atoms with E-state index in [1.807, 2.05) is 48.5 Å². The predicted molar refractivity (Wildman–Crippen MR) is 105 cm³/mol. The average Bonchev–Trinajstić information content (AvgIpc) is 2.63. The number of quaternary nitrogens is 1. The predicted octanol–water partition coefficient (Wildman–Crippen LogP) is 2.98. The summed E-state index contributed by atoms with van der Waals surface area (Å²) in [6, 6.07) is 15.3. The molecule has 1 unspecified atom stereocenters. The number of hydrogen-bond donors (Lipinski definition) is 2.